The Labute approximate surface area is 89.5 Å². The number of sulfonamides is 1. The quantitative estimate of drug-likeness (QED) is 0.838. The molecule has 5 nitrogen and oxygen atoms in total. The van der Waals surface area contributed by atoms with Gasteiger partial charge in [0, 0.05) is 13.1 Å². The predicted molar refractivity (Wildman–Crippen MR) is 56.1 cm³/mol. The third kappa shape index (κ3) is 1.68. The number of aromatic nitrogens is 2. The van der Waals surface area contributed by atoms with E-state index in [4.69, 9.17) is 0 Å². The lowest BCUT2D eigenvalue weighted by Gasteiger charge is -2.29. The van der Waals surface area contributed by atoms with Crippen LogP contribution < -0.4 is 0 Å². The van der Waals surface area contributed by atoms with Gasteiger partial charge in [0.1, 0.15) is 4.90 Å². The smallest absolute Gasteiger partial charge is 0.246 e. The molecular formula is C9H15N3O2S. The molecule has 15 heavy (non-hydrogen) atoms. The van der Waals surface area contributed by atoms with Crippen molar-refractivity contribution in [2.24, 2.45) is 0 Å². The summed E-state index contributed by atoms with van der Waals surface area (Å²) in [6.07, 6.45) is 2.36. The highest BCUT2D eigenvalue weighted by Gasteiger charge is 2.32. The van der Waals surface area contributed by atoms with E-state index in [-0.39, 0.29) is 5.92 Å². The van der Waals surface area contributed by atoms with Crippen molar-refractivity contribution in [3.8, 4) is 0 Å². The van der Waals surface area contributed by atoms with Crippen LogP contribution in [0.2, 0.25) is 0 Å². The molecule has 1 aliphatic rings. The van der Waals surface area contributed by atoms with Crippen molar-refractivity contribution in [1.29, 1.82) is 0 Å². The van der Waals surface area contributed by atoms with Gasteiger partial charge >= 0.3 is 0 Å². The summed E-state index contributed by atoms with van der Waals surface area (Å²) in [5, 5.41) is 6.58. The minimum Gasteiger partial charge on any atom is -0.281 e. The molecule has 0 unspecified atom stereocenters. The lowest BCUT2D eigenvalue weighted by atomic mass is 10.1. The minimum absolute atomic E-state index is 0.138. The molecule has 0 radical (unpaired) electrons. The summed E-state index contributed by atoms with van der Waals surface area (Å²) in [6.45, 7) is 5.15. The van der Waals surface area contributed by atoms with Crippen LogP contribution in [-0.4, -0.2) is 36.0 Å². The zero-order valence-corrected chi connectivity index (χ0v) is 9.71. The molecule has 2 heterocycles. The third-order valence-corrected chi connectivity index (χ3v) is 4.57. The van der Waals surface area contributed by atoms with Gasteiger partial charge in [-0.15, -0.1) is 0 Å². The summed E-state index contributed by atoms with van der Waals surface area (Å²) in [5.74, 6) is 0.138. The van der Waals surface area contributed by atoms with Crippen molar-refractivity contribution in [1.82, 2.24) is 14.5 Å². The van der Waals surface area contributed by atoms with Gasteiger partial charge in [0.2, 0.25) is 10.0 Å². The van der Waals surface area contributed by atoms with E-state index in [1.165, 1.54) is 10.5 Å². The summed E-state index contributed by atoms with van der Waals surface area (Å²) in [6, 6.07) is 0. The lowest BCUT2D eigenvalue weighted by Crippen LogP contribution is -2.42. The highest BCUT2D eigenvalue weighted by atomic mass is 32.2. The zero-order chi connectivity index (χ0) is 11.1. The average Bonchev–Trinajstić information content (AvgIpc) is 2.46. The van der Waals surface area contributed by atoms with Crippen LogP contribution in [0, 0.1) is 0 Å². The molecule has 2 rings (SSSR count). The maximum atomic E-state index is 12.1. The van der Waals surface area contributed by atoms with Gasteiger partial charge in [-0.25, -0.2) is 8.42 Å². The van der Waals surface area contributed by atoms with Gasteiger partial charge in [0.05, 0.1) is 11.9 Å². The molecule has 1 fully saturated rings. The monoisotopic (exact) mass is 229 g/mol. The van der Waals surface area contributed by atoms with Crippen LogP contribution >= 0.6 is 0 Å². The van der Waals surface area contributed by atoms with Gasteiger partial charge in [-0.05, 0) is 12.3 Å². The third-order valence-electron chi connectivity index (χ3n) is 2.64. The molecule has 0 spiro atoms. The number of rotatable bonds is 3. The van der Waals surface area contributed by atoms with Crippen molar-refractivity contribution in [3.05, 3.63) is 11.9 Å². The van der Waals surface area contributed by atoms with Crippen molar-refractivity contribution in [2.75, 3.05) is 13.1 Å². The Bertz CT molecular complexity index is 446. The van der Waals surface area contributed by atoms with Crippen LogP contribution in [0.3, 0.4) is 0 Å². The molecule has 1 N–H and O–H groups in total. The highest BCUT2D eigenvalue weighted by Crippen LogP contribution is 2.26. The predicted octanol–water partition coefficient (Wildman–Crippen LogP) is 0.927. The molecule has 0 bridgehead atoms. The summed E-state index contributed by atoms with van der Waals surface area (Å²) in [4.78, 5) is 0.331. The van der Waals surface area contributed by atoms with Gasteiger partial charge in [0.25, 0.3) is 0 Å². The Morgan fingerprint density at radius 2 is 2.13 bits per heavy atom. The fourth-order valence-electron chi connectivity index (χ4n) is 1.57. The van der Waals surface area contributed by atoms with Gasteiger partial charge in [0.15, 0.2) is 0 Å². The molecule has 0 saturated carbocycles. The van der Waals surface area contributed by atoms with E-state index in [0.29, 0.717) is 23.7 Å². The van der Waals surface area contributed by atoms with Crippen LogP contribution in [0.5, 0.6) is 0 Å². The van der Waals surface area contributed by atoms with E-state index in [1.54, 1.807) is 0 Å². The fourth-order valence-corrected chi connectivity index (χ4v) is 3.33. The molecule has 1 aliphatic heterocycles. The second kappa shape index (κ2) is 3.61. The molecule has 0 aromatic carbocycles. The number of nitrogens with zero attached hydrogens (tertiary/aromatic N) is 2. The Hall–Kier alpha value is -0.880. The molecule has 84 valence electrons. The van der Waals surface area contributed by atoms with E-state index < -0.39 is 10.0 Å². The molecular weight excluding hydrogens is 214 g/mol. The standard InChI is InChI=1S/C9H15N3O2S/c1-7(2)9-8(6-10-11-9)15(13,14)12-4-3-5-12/h6-7H,3-5H2,1-2H3,(H,10,11). The van der Waals surface area contributed by atoms with Gasteiger partial charge in [-0.3, -0.25) is 5.10 Å². The Morgan fingerprint density at radius 1 is 1.47 bits per heavy atom. The summed E-state index contributed by atoms with van der Waals surface area (Å²) < 4.78 is 25.6. The van der Waals surface area contributed by atoms with Crippen molar-refractivity contribution < 1.29 is 8.42 Å². The van der Waals surface area contributed by atoms with Crippen molar-refractivity contribution in [2.45, 2.75) is 31.1 Å². The van der Waals surface area contributed by atoms with E-state index in [0.717, 1.165) is 6.42 Å². The van der Waals surface area contributed by atoms with Crippen LogP contribution in [0.1, 0.15) is 31.9 Å². The molecule has 1 aromatic heterocycles. The first kappa shape index (κ1) is 10.6. The SMILES string of the molecule is CC(C)c1[nH]ncc1S(=O)(=O)N1CCC1. The summed E-state index contributed by atoms with van der Waals surface area (Å²) in [7, 11) is -3.29. The summed E-state index contributed by atoms with van der Waals surface area (Å²) >= 11 is 0. The Kier molecular flexibility index (Phi) is 2.56. The van der Waals surface area contributed by atoms with Crippen LogP contribution in [0.15, 0.2) is 11.1 Å². The van der Waals surface area contributed by atoms with E-state index in [9.17, 15) is 8.42 Å². The van der Waals surface area contributed by atoms with Gasteiger partial charge in [-0.1, -0.05) is 13.8 Å². The molecule has 0 atom stereocenters. The van der Waals surface area contributed by atoms with Crippen LogP contribution in [0.25, 0.3) is 0 Å². The summed E-state index contributed by atoms with van der Waals surface area (Å²) in [5.41, 5.74) is 0.696. The first-order valence-corrected chi connectivity index (χ1v) is 6.51. The number of hydrogen-bond acceptors (Lipinski definition) is 3. The van der Waals surface area contributed by atoms with Gasteiger partial charge < -0.3 is 0 Å². The maximum Gasteiger partial charge on any atom is 0.246 e. The number of nitrogens with one attached hydrogen (secondary N) is 1. The van der Waals surface area contributed by atoms with E-state index in [1.807, 2.05) is 13.8 Å². The van der Waals surface area contributed by atoms with Crippen LogP contribution in [-0.2, 0) is 10.0 Å². The highest BCUT2D eigenvalue weighted by molar-refractivity contribution is 7.89. The number of aromatic amines is 1. The van der Waals surface area contributed by atoms with Gasteiger partial charge in [-0.2, -0.15) is 9.40 Å². The first-order valence-electron chi connectivity index (χ1n) is 5.07. The molecule has 1 saturated heterocycles. The fraction of sp³-hybridized carbons (Fsp3) is 0.667. The topological polar surface area (TPSA) is 66.1 Å². The van der Waals surface area contributed by atoms with Crippen molar-refractivity contribution in [3.63, 3.8) is 0 Å². The lowest BCUT2D eigenvalue weighted by molar-refractivity contribution is 0.309. The van der Waals surface area contributed by atoms with Crippen molar-refractivity contribution >= 4 is 10.0 Å². The molecule has 0 aliphatic carbocycles. The molecule has 1 aromatic rings. The molecule has 6 heteroatoms. The largest absolute Gasteiger partial charge is 0.281 e. The second-order valence-corrected chi connectivity index (χ2v) is 5.97. The number of H-pyrrole nitrogens is 1. The zero-order valence-electron chi connectivity index (χ0n) is 8.90. The Balaban J connectivity index is 2.40. The number of hydrogen-bond donors (Lipinski definition) is 1. The van der Waals surface area contributed by atoms with Crippen LogP contribution in [0.4, 0.5) is 0 Å². The van der Waals surface area contributed by atoms with E-state index in [2.05, 4.69) is 10.2 Å². The second-order valence-electron chi connectivity index (χ2n) is 4.06. The normalized spacial score (nSPS) is 18.1. The molecule has 0 amide bonds. The maximum absolute atomic E-state index is 12.1. The Morgan fingerprint density at radius 3 is 2.60 bits per heavy atom. The first-order chi connectivity index (χ1) is 7.03. The van der Waals surface area contributed by atoms with E-state index >= 15 is 0 Å². The average molecular weight is 229 g/mol. The minimum atomic E-state index is -3.29.